The molecule has 0 atom stereocenters. The van der Waals surface area contributed by atoms with Crippen molar-refractivity contribution < 1.29 is 14.7 Å². The summed E-state index contributed by atoms with van der Waals surface area (Å²) in [7, 11) is 0. The summed E-state index contributed by atoms with van der Waals surface area (Å²) in [6, 6.07) is 3.72. The quantitative estimate of drug-likeness (QED) is 0.775. The van der Waals surface area contributed by atoms with Gasteiger partial charge in [-0.25, -0.2) is 9.59 Å². The Balaban J connectivity index is 2.79. The summed E-state index contributed by atoms with van der Waals surface area (Å²) in [6.45, 7) is 2.47. The second-order valence-electron chi connectivity index (χ2n) is 3.38. The lowest BCUT2D eigenvalue weighted by atomic mass is 10.2. The molecule has 92 valence electrons. The highest BCUT2D eigenvalue weighted by Gasteiger charge is 2.09. The maximum absolute atomic E-state index is 11.4. The minimum absolute atomic E-state index is 0.0696. The fourth-order valence-electron chi connectivity index (χ4n) is 1.16. The van der Waals surface area contributed by atoms with Gasteiger partial charge < -0.3 is 15.7 Å². The molecule has 3 N–H and O–H groups in total. The number of carboxylic acids is 1. The van der Waals surface area contributed by atoms with Crippen LogP contribution in [0.25, 0.3) is 0 Å². The Bertz CT molecular complexity index is 435. The van der Waals surface area contributed by atoms with Crippen molar-refractivity contribution >= 4 is 29.3 Å². The average Bonchev–Trinajstić information content (AvgIpc) is 2.29. The number of anilines is 1. The van der Waals surface area contributed by atoms with Gasteiger partial charge in [0.1, 0.15) is 0 Å². The summed E-state index contributed by atoms with van der Waals surface area (Å²) in [4.78, 5) is 22.1. The largest absolute Gasteiger partial charge is 0.478 e. The van der Waals surface area contributed by atoms with Gasteiger partial charge in [-0.3, -0.25) is 0 Å². The van der Waals surface area contributed by atoms with E-state index in [1.807, 2.05) is 6.92 Å². The van der Waals surface area contributed by atoms with Crippen LogP contribution < -0.4 is 10.6 Å². The SMILES string of the molecule is CCCNC(=O)Nc1cc(C(=O)O)ccc1Cl. The maximum atomic E-state index is 11.4. The predicted molar refractivity (Wildman–Crippen MR) is 65.7 cm³/mol. The molecule has 5 nitrogen and oxygen atoms in total. The Morgan fingerprint density at radius 1 is 1.41 bits per heavy atom. The van der Waals surface area contributed by atoms with Crippen LogP contribution in [0.3, 0.4) is 0 Å². The first kappa shape index (κ1) is 13.3. The minimum atomic E-state index is -1.07. The Morgan fingerprint density at radius 2 is 2.12 bits per heavy atom. The fraction of sp³-hybridized carbons (Fsp3) is 0.273. The molecule has 0 aliphatic rings. The van der Waals surface area contributed by atoms with Gasteiger partial charge in [0.2, 0.25) is 0 Å². The van der Waals surface area contributed by atoms with Gasteiger partial charge in [0.25, 0.3) is 0 Å². The Kier molecular flexibility index (Phi) is 4.78. The van der Waals surface area contributed by atoms with Gasteiger partial charge in [-0.15, -0.1) is 0 Å². The molecule has 0 fully saturated rings. The van der Waals surface area contributed by atoms with Crippen LogP contribution >= 0.6 is 11.6 Å². The summed E-state index contributed by atoms with van der Waals surface area (Å²) in [5.41, 5.74) is 0.348. The standard InChI is InChI=1S/C11H13ClN2O3/c1-2-5-13-11(17)14-9-6-7(10(15)16)3-4-8(9)12/h3-4,6H,2,5H2,1H3,(H,15,16)(H2,13,14,17). The summed E-state index contributed by atoms with van der Waals surface area (Å²) in [5, 5.41) is 14.2. The van der Waals surface area contributed by atoms with Gasteiger partial charge in [0, 0.05) is 6.54 Å². The van der Waals surface area contributed by atoms with Crippen LogP contribution in [0.15, 0.2) is 18.2 Å². The van der Waals surface area contributed by atoms with E-state index in [2.05, 4.69) is 10.6 Å². The van der Waals surface area contributed by atoms with Gasteiger partial charge >= 0.3 is 12.0 Å². The topological polar surface area (TPSA) is 78.4 Å². The molecular formula is C11H13ClN2O3. The number of amides is 2. The third-order valence-corrected chi connectivity index (χ3v) is 2.33. The van der Waals surface area contributed by atoms with E-state index in [1.165, 1.54) is 18.2 Å². The Hall–Kier alpha value is -1.75. The van der Waals surface area contributed by atoms with E-state index in [9.17, 15) is 9.59 Å². The van der Waals surface area contributed by atoms with E-state index in [0.717, 1.165) is 6.42 Å². The number of aromatic carboxylic acids is 1. The number of carboxylic acid groups (broad SMARTS) is 1. The van der Waals surface area contributed by atoms with Crippen molar-refractivity contribution in [3.05, 3.63) is 28.8 Å². The lowest BCUT2D eigenvalue weighted by Gasteiger charge is -2.08. The van der Waals surface area contributed by atoms with Crippen molar-refractivity contribution in [2.75, 3.05) is 11.9 Å². The fourth-order valence-corrected chi connectivity index (χ4v) is 1.32. The summed E-state index contributed by atoms with van der Waals surface area (Å²) in [5.74, 6) is -1.07. The molecule has 6 heteroatoms. The van der Waals surface area contributed by atoms with E-state index in [-0.39, 0.29) is 11.3 Å². The molecular weight excluding hydrogens is 244 g/mol. The molecule has 0 spiro atoms. The first-order valence-electron chi connectivity index (χ1n) is 5.12. The van der Waals surface area contributed by atoms with Crippen LogP contribution in [-0.4, -0.2) is 23.7 Å². The van der Waals surface area contributed by atoms with Gasteiger partial charge in [0.15, 0.2) is 0 Å². The molecule has 0 saturated heterocycles. The molecule has 0 radical (unpaired) electrons. The summed E-state index contributed by atoms with van der Waals surface area (Å²) in [6.07, 6.45) is 0.816. The monoisotopic (exact) mass is 256 g/mol. The van der Waals surface area contributed by atoms with Crippen molar-refractivity contribution in [1.82, 2.24) is 5.32 Å². The van der Waals surface area contributed by atoms with E-state index < -0.39 is 12.0 Å². The molecule has 0 saturated carbocycles. The molecule has 0 aliphatic carbocycles. The van der Waals surface area contributed by atoms with Crippen molar-refractivity contribution in [2.45, 2.75) is 13.3 Å². The Morgan fingerprint density at radius 3 is 2.71 bits per heavy atom. The van der Waals surface area contributed by atoms with Crippen LogP contribution in [0, 0.1) is 0 Å². The van der Waals surface area contributed by atoms with Gasteiger partial charge in [-0.1, -0.05) is 18.5 Å². The number of benzene rings is 1. The van der Waals surface area contributed by atoms with Crippen molar-refractivity contribution in [3.63, 3.8) is 0 Å². The average molecular weight is 257 g/mol. The number of rotatable bonds is 4. The van der Waals surface area contributed by atoms with E-state index in [0.29, 0.717) is 11.6 Å². The molecule has 0 aromatic heterocycles. The van der Waals surface area contributed by atoms with Gasteiger partial charge in [-0.05, 0) is 24.6 Å². The van der Waals surface area contributed by atoms with E-state index in [1.54, 1.807) is 0 Å². The van der Waals surface area contributed by atoms with Crippen molar-refractivity contribution in [1.29, 1.82) is 0 Å². The van der Waals surface area contributed by atoms with Crippen LogP contribution in [0.1, 0.15) is 23.7 Å². The Labute approximate surface area is 104 Å². The molecule has 1 aromatic rings. The third-order valence-electron chi connectivity index (χ3n) is 2.00. The number of hydrogen-bond acceptors (Lipinski definition) is 2. The molecule has 0 aliphatic heterocycles. The number of carbonyl (C=O) groups is 2. The first-order valence-corrected chi connectivity index (χ1v) is 5.50. The van der Waals surface area contributed by atoms with E-state index >= 15 is 0 Å². The number of halogens is 1. The molecule has 0 unspecified atom stereocenters. The minimum Gasteiger partial charge on any atom is -0.478 e. The van der Waals surface area contributed by atoms with Crippen LogP contribution in [-0.2, 0) is 0 Å². The lowest BCUT2D eigenvalue weighted by Crippen LogP contribution is -2.29. The summed E-state index contributed by atoms with van der Waals surface area (Å²) < 4.78 is 0. The zero-order valence-corrected chi connectivity index (χ0v) is 10.0. The lowest BCUT2D eigenvalue weighted by molar-refractivity contribution is 0.0697. The van der Waals surface area contributed by atoms with Crippen LogP contribution in [0.5, 0.6) is 0 Å². The molecule has 0 bridgehead atoms. The molecule has 17 heavy (non-hydrogen) atoms. The van der Waals surface area contributed by atoms with Crippen molar-refractivity contribution in [3.8, 4) is 0 Å². The van der Waals surface area contributed by atoms with Gasteiger partial charge in [0.05, 0.1) is 16.3 Å². The highest BCUT2D eigenvalue weighted by Crippen LogP contribution is 2.22. The van der Waals surface area contributed by atoms with Gasteiger partial charge in [-0.2, -0.15) is 0 Å². The molecule has 0 heterocycles. The first-order chi connectivity index (χ1) is 8.04. The highest BCUT2D eigenvalue weighted by atomic mass is 35.5. The molecule has 1 aromatic carbocycles. The normalized spacial score (nSPS) is 9.76. The number of nitrogens with one attached hydrogen (secondary N) is 2. The number of urea groups is 1. The summed E-state index contributed by atoms with van der Waals surface area (Å²) >= 11 is 5.84. The molecule has 1 rings (SSSR count). The smallest absolute Gasteiger partial charge is 0.335 e. The number of carbonyl (C=O) groups excluding carboxylic acids is 1. The van der Waals surface area contributed by atoms with Crippen LogP contribution in [0.2, 0.25) is 5.02 Å². The third kappa shape index (κ3) is 3.96. The zero-order chi connectivity index (χ0) is 12.8. The second kappa shape index (κ2) is 6.10. The maximum Gasteiger partial charge on any atom is 0.335 e. The zero-order valence-electron chi connectivity index (χ0n) is 9.29. The highest BCUT2D eigenvalue weighted by molar-refractivity contribution is 6.33. The van der Waals surface area contributed by atoms with Crippen molar-refractivity contribution in [2.24, 2.45) is 0 Å². The molecule has 2 amide bonds. The van der Waals surface area contributed by atoms with E-state index in [4.69, 9.17) is 16.7 Å². The van der Waals surface area contributed by atoms with Crippen LogP contribution in [0.4, 0.5) is 10.5 Å². The second-order valence-corrected chi connectivity index (χ2v) is 3.79. The number of hydrogen-bond donors (Lipinski definition) is 3. The predicted octanol–water partition coefficient (Wildman–Crippen LogP) is 2.57.